The molecule has 1 aliphatic carbocycles. The maximum Gasteiger partial charge on any atom is 0.143 e. The normalized spacial score (nSPS) is 13.3. The molecule has 0 fully saturated rings. The maximum absolute atomic E-state index is 6.61. The summed E-state index contributed by atoms with van der Waals surface area (Å²) >= 11 is 0. The van der Waals surface area contributed by atoms with Crippen LogP contribution in [0.3, 0.4) is 0 Å². The lowest BCUT2D eigenvalue weighted by Gasteiger charge is -2.22. The van der Waals surface area contributed by atoms with E-state index in [0.29, 0.717) is 0 Å². The minimum atomic E-state index is -0.160. The van der Waals surface area contributed by atoms with E-state index in [0.717, 1.165) is 11.2 Å². The first kappa shape index (κ1) is 31.4. The summed E-state index contributed by atoms with van der Waals surface area (Å²) in [5.41, 5.74) is 14.6. The van der Waals surface area contributed by atoms with Crippen molar-refractivity contribution in [3.63, 3.8) is 0 Å². The Balaban J connectivity index is 1.00. The second-order valence-electron chi connectivity index (χ2n) is 16.0. The van der Waals surface area contributed by atoms with Gasteiger partial charge in [0.1, 0.15) is 11.2 Å². The lowest BCUT2D eigenvalue weighted by atomic mass is 9.81. The van der Waals surface area contributed by atoms with E-state index in [1.165, 1.54) is 109 Å². The van der Waals surface area contributed by atoms with Gasteiger partial charge in [-0.3, -0.25) is 0 Å². The van der Waals surface area contributed by atoms with Gasteiger partial charge in [0.05, 0.1) is 0 Å². The second-order valence-corrected chi connectivity index (χ2v) is 16.0. The SMILES string of the molecule is CC1(C)c2cc(-c3ccc(-c4c5ccccc5c(-c5cccc6ccccc56)c5ccccc45)cc3)ccc2-c2c1ccc1ccc3c4ccccc4oc3c21. The van der Waals surface area contributed by atoms with Gasteiger partial charge in [-0.1, -0.05) is 178 Å². The molecule has 262 valence electrons. The third kappa shape index (κ3) is 4.31. The topological polar surface area (TPSA) is 13.1 Å². The van der Waals surface area contributed by atoms with Gasteiger partial charge in [0.25, 0.3) is 0 Å². The molecule has 10 aromatic carbocycles. The number of hydrogen-bond donors (Lipinski definition) is 0. The van der Waals surface area contributed by atoms with Crippen LogP contribution >= 0.6 is 0 Å². The molecule has 0 radical (unpaired) electrons. The summed E-state index contributed by atoms with van der Waals surface area (Å²) in [6.45, 7) is 4.74. The first-order valence-corrected chi connectivity index (χ1v) is 19.6. The fourth-order valence-corrected chi connectivity index (χ4v) is 10.00. The molecule has 11 aromatic rings. The quantitative estimate of drug-likeness (QED) is 0.166. The molecule has 56 heavy (non-hydrogen) atoms. The highest BCUT2D eigenvalue weighted by molar-refractivity contribution is 6.24. The zero-order valence-electron chi connectivity index (χ0n) is 31.2. The van der Waals surface area contributed by atoms with Gasteiger partial charge in [-0.2, -0.15) is 0 Å². The Morgan fingerprint density at radius 3 is 1.70 bits per heavy atom. The third-order valence-electron chi connectivity index (χ3n) is 12.7. The Morgan fingerprint density at radius 2 is 0.946 bits per heavy atom. The molecule has 1 heterocycles. The van der Waals surface area contributed by atoms with E-state index in [4.69, 9.17) is 4.42 Å². The van der Waals surface area contributed by atoms with Gasteiger partial charge >= 0.3 is 0 Å². The van der Waals surface area contributed by atoms with Crippen molar-refractivity contribution >= 4 is 65.0 Å². The lowest BCUT2D eigenvalue weighted by molar-refractivity contribution is 0.660. The first-order valence-electron chi connectivity index (χ1n) is 19.6. The van der Waals surface area contributed by atoms with Crippen molar-refractivity contribution in [1.82, 2.24) is 0 Å². The molecule has 0 N–H and O–H groups in total. The molecule has 12 rings (SSSR count). The highest BCUT2D eigenvalue weighted by Crippen LogP contribution is 2.54. The predicted molar refractivity (Wildman–Crippen MR) is 238 cm³/mol. The van der Waals surface area contributed by atoms with E-state index >= 15 is 0 Å². The largest absolute Gasteiger partial charge is 0.455 e. The van der Waals surface area contributed by atoms with Gasteiger partial charge in [0.15, 0.2) is 0 Å². The molecule has 0 spiro atoms. The van der Waals surface area contributed by atoms with Gasteiger partial charge in [-0.25, -0.2) is 0 Å². The lowest BCUT2D eigenvalue weighted by Crippen LogP contribution is -2.15. The number of fused-ring (bicyclic) bond motifs is 12. The monoisotopic (exact) mass is 712 g/mol. The fourth-order valence-electron chi connectivity index (χ4n) is 10.00. The zero-order valence-corrected chi connectivity index (χ0v) is 31.2. The van der Waals surface area contributed by atoms with E-state index < -0.39 is 0 Å². The first-order chi connectivity index (χ1) is 27.5. The van der Waals surface area contributed by atoms with Gasteiger partial charge in [0, 0.05) is 21.6 Å². The van der Waals surface area contributed by atoms with Crippen molar-refractivity contribution in [3.8, 4) is 44.5 Å². The van der Waals surface area contributed by atoms with Crippen LogP contribution in [0.25, 0.3) is 110 Å². The van der Waals surface area contributed by atoms with Crippen molar-refractivity contribution in [3.05, 3.63) is 193 Å². The number of para-hydroxylation sites is 1. The van der Waals surface area contributed by atoms with E-state index in [-0.39, 0.29) is 5.41 Å². The zero-order chi connectivity index (χ0) is 37.1. The highest BCUT2D eigenvalue weighted by Gasteiger charge is 2.37. The van der Waals surface area contributed by atoms with Gasteiger partial charge in [0.2, 0.25) is 0 Å². The van der Waals surface area contributed by atoms with E-state index in [1.54, 1.807) is 0 Å². The average Bonchev–Trinajstić information content (AvgIpc) is 3.74. The summed E-state index contributed by atoms with van der Waals surface area (Å²) in [4.78, 5) is 0. The molecular formula is C55H36O. The minimum absolute atomic E-state index is 0.160. The molecule has 1 aliphatic rings. The van der Waals surface area contributed by atoms with E-state index in [2.05, 4.69) is 196 Å². The third-order valence-corrected chi connectivity index (χ3v) is 12.7. The van der Waals surface area contributed by atoms with Crippen molar-refractivity contribution in [1.29, 1.82) is 0 Å². The van der Waals surface area contributed by atoms with Crippen molar-refractivity contribution in [2.45, 2.75) is 19.3 Å². The molecule has 0 atom stereocenters. The Morgan fingerprint density at radius 1 is 0.357 bits per heavy atom. The summed E-state index contributed by atoms with van der Waals surface area (Å²) < 4.78 is 6.61. The van der Waals surface area contributed by atoms with Crippen molar-refractivity contribution in [2.24, 2.45) is 0 Å². The Hall–Kier alpha value is -6.96. The summed E-state index contributed by atoms with van der Waals surface area (Å²) in [5.74, 6) is 0. The van der Waals surface area contributed by atoms with Gasteiger partial charge in [-0.05, 0) is 112 Å². The van der Waals surface area contributed by atoms with Crippen LogP contribution in [-0.4, -0.2) is 0 Å². The minimum Gasteiger partial charge on any atom is -0.455 e. The molecule has 0 saturated carbocycles. The fraction of sp³-hybridized carbons (Fsp3) is 0.0545. The van der Waals surface area contributed by atoms with Crippen LogP contribution < -0.4 is 0 Å². The van der Waals surface area contributed by atoms with Crippen LogP contribution in [0.4, 0.5) is 0 Å². The molecule has 0 bridgehead atoms. The second kappa shape index (κ2) is 11.5. The van der Waals surface area contributed by atoms with Crippen molar-refractivity contribution in [2.75, 3.05) is 0 Å². The summed E-state index contributed by atoms with van der Waals surface area (Å²) in [7, 11) is 0. The molecule has 0 unspecified atom stereocenters. The standard InChI is InChI=1S/C55H36O/c1-55(2)47-31-28-36-26-29-45-39-15-9-10-21-49(39)56-54(45)51(36)53(47)46-30-27-37(32-48(46)55)33-22-24-35(25-23-33)50-41-16-5-7-18-43(41)52(44-19-8-6-17-42(44)50)40-20-11-13-34-12-3-4-14-38(34)40/h3-32H,1-2H3. The molecule has 0 amide bonds. The van der Waals surface area contributed by atoms with Crippen LogP contribution in [0.5, 0.6) is 0 Å². The Bertz CT molecular complexity index is 3370. The van der Waals surface area contributed by atoms with E-state index in [9.17, 15) is 0 Å². The molecule has 1 nitrogen and oxygen atoms in total. The smallest absolute Gasteiger partial charge is 0.143 e. The highest BCUT2D eigenvalue weighted by atomic mass is 16.3. The number of benzene rings is 10. The Kier molecular flexibility index (Phi) is 6.46. The van der Waals surface area contributed by atoms with Crippen LogP contribution in [0, 0.1) is 0 Å². The van der Waals surface area contributed by atoms with Crippen LogP contribution in [0.2, 0.25) is 0 Å². The molecule has 1 heteroatoms. The van der Waals surface area contributed by atoms with Crippen LogP contribution in [-0.2, 0) is 5.41 Å². The predicted octanol–water partition coefficient (Wildman–Crippen LogP) is 15.5. The van der Waals surface area contributed by atoms with Crippen LogP contribution in [0.15, 0.2) is 186 Å². The van der Waals surface area contributed by atoms with Gasteiger partial charge in [-0.15, -0.1) is 0 Å². The number of rotatable bonds is 3. The Labute approximate surface area is 325 Å². The molecular weight excluding hydrogens is 677 g/mol. The average molecular weight is 713 g/mol. The van der Waals surface area contributed by atoms with Gasteiger partial charge < -0.3 is 4.42 Å². The molecule has 0 saturated heterocycles. The number of furan rings is 1. The summed E-state index contributed by atoms with van der Waals surface area (Å²) in [6, 6.07) is 67.1. The molecule has 0 aliphatic heterocycles. The summed E-state index contributed by atoms with van der Waals surface area (Å²) in [6.07, 6.45) is 0. The summed E-state index contributed by atoms with van der Waals surface area (Å²) in [5, 5.41) is 12.4. The molecule has 1 aromatic heterocycles. The number of hydrogen-bond acceptors (Lipinski definition) is 1. The van der Waals surface area contributed by atoms with Crippen LogP contribution in [0.1, 0.15) is 25.0 Å². The van der Waals surface area contributed by atoms with E-state index in [1.807, 2.05) is 0 Å². The van der Waals surface area contributed by atoms with Crippen molar-refractivity contribution < 1.29 is 4.42 Å². The maximum atomic E-state index is 6.61.